The van der Waals surface area contributed by atoms with Gasteiger partial charge in [-0.15, -0.1) is 0 Å². The number of hydrogen-bond donors (Lipinski definition) is 2. The average Bonchev–Trinajstić information content (AvgIpc) is 2.45. The van der Waals surface area contributed by atoms with Crippen LogP contribution in [0.3, 0.4) is 0 Å². The molecule has 0 heterocycles. The minimum Gasteiger partial charge on any atom is -0.495 e. The van der Waals surface area contributed by atoms with E-state index >= 15 is 0 Å². The van der Waals surface area contributed by atoms with Gasteiger partial charge in [0.05, 0.1) is 7.11 Å². The number of nitrogens with one attached hydrogen (secondary N) is 1. The molecule has 5 nitrogen and oxygen atoms in total. The molecule has 0 aliphatic rings. The van der Waals surface area contributed by atoms with Gasteiger partial charge in [-0.1, -0.05) is 19.4 Å². The Labute approximate surface area is 127 Å². The van der Waals surface area contributed by atoms with Crippen LogP contribution < -0.4 is 9.46 Å². The zero-order valence-electron chi connectivity index (χ0n) is 12.9. The third-order valence-corrected chi connectivity index (χ3v) is 4.85. The fraction of sp³-hybridized carbons (Fsp3) is 0.600. The highest BCUT2D eigenvalue weighted by molar-refractivity contribution is 7.89. The van der Waals surface area contributed by atoms with Crippen LogP contribution in [-0.2, 0) is 10.0 Å². The van der Waals surface area contributed by atoms with Crippen molar-refractivity contribution in [3.8, 4) is 5.75 Å². The predicted molar refractivity (Wildman–Crippen MR) is 83.0 cm³/mol. The topological polar surface area (TPSA) is 75.6 Å². The lowest BCUT2D eigenvalue weighted by Crippen LogP contribution is -2.30. The number of ether oxygens (including phenoxy) is 1. The Morgan fingerprint density at radius 1 is 1.33 bits per heavy atom. The highest BCUT2D eigenvalue weighted by atomic mass is 32.2. The first-order valence-electron chi connectivity index (χ1n) is 7.19. The maximum absolute atomic E-state index is 12.4. The van der Waals surface area contributed by atoms with Gasteiger partial charge >= 0.3 is 0 Å². The summed E-state index contributed by atoms with van der Waals surface area (Å²) in [5.74, 6) is 0.480. The summed E-state index contributed by atoms with van der Waals surface area (Å²) in [5, 5.41) is 9.03. The van der Waals surface area contributed by atoms with E-state index in [1.807, 2.05) is 19.9 Å². The standard InChI is InChI=1S/C15H25NO4S/c1-4-5-13(8-9-17)11-16-21(18,19)15-10-12(2)6-7-14(15)20-3/h6-7,10,13,16-17H,4-5,8-9,11H2,1-3H3. The van der Waals surface area contributed by atoms with Crippen molar-refractivity contribution >= 4 is 10.0 Å². The lowest BCUT2D eigenvalue weighted by Gasteiger charge is -2.17. The molecule has 1 aromatic rings. The molecule has 0 radical (unpaired) electrons. The van der Waals surface area contributed by atoms with E-state index in [1.54, 1.807) is 12.1 Å². The number of sulfonamides is 1. The predicted octanol–water partition coefficient (Wildman–Crippen LogP) is 2.08. The number of methoxy groups -OCH3 is 1. The van der Waals surface area contributed by atoms with Crippen LogP contribution in [0, 0.1) is 12.8 Å². The SMILES string of the molecule is CCCC(CCO)CNS(=O)(=O)c1cc(C)ccc1OC. The summed E-state index contributed by atoms with van der Waals surface area (Å²) in [7, 11) is -2.16. The first-order chi connectivity index (χ1) is 9.94. The van der Waals surface area contributed by atoms with Crippen molar-refractivity contribution in [2.45, 2.75) is 38.0 Å². The Kier molecular flexibility index (Phi) is 7.14. The normalized spacial score (nSPS) is 13.1. The molecule has 1 atom stereocenters. The van der Waals surface area contributed by atoms with Crippen LogP contribution in [0.1, 0.15) is 31.7 Å². The van der Waals surface area contributed by atoms with Gasteiger partial charge in [0.2, 0.25) is 10.0 Å². The second-order valence-electron chi connectivity index (χ2n) is 5.17. The summed E-state index contributed by atoms with van der Waals surface area (Å²) in [5.41, 5.74) is 0.858. The molecule has 1 rings (SSSR count). The number of aliphatic hydroxyl groups excluding tert-OH is 1. The molecular weight excluding hydrogens is 290 g/mol. The van der Waals surface area contributed by atoms with Gasteiger partial charge in [-0.25, -0.2) is 13.1 Å². The fourth-order valence-electron chi connectivity index (χ4n) is 2.24. The first-order valence-corrected chi connectivity index (χ1v) is 8.68. The van der Waals surface area contributed by atoms with E-state index in [0.717, 1.165) is 18.4 Å². The highest BCUT2D eigenvalue weighted by Gasteiger charge is 2.21. The molecule has 0 aliphatic heterocycles. The molecule has 0 saturated carbocycles. The molecule has 0 amide bonds. The van der Waals surface area contributed by atoms with Crippen LogP contribution in [0.4, 0.5) is 0 Å². The Morgan fingerprint density at radius 3 is 2.62 bits per heavy atom. The van der Waals surface area contributed by atoms with Gasteiger partial charge in [0, 0.05) is 13.2 Å². The van der Waals surface area contributed by atoms with Gasteiger partial charge in [0.1, 0.15) is 10.6 Å². The molecule has 0 bridgehead atoms. The van der Waals surface area contributed by atoms with Crippen LogP contribution in [0.15, 0.2) is 23.1 Å². The Bertz CT molecular complexity index is 537. The number of benzene rings is 1. The van der Waals surface area contributed by atoms with Gasteiger partial charge in [0.15, 0.2) is 0 Å². The molecule has 120 valence electrons. The molecule has 0 aliphatic carbocycles. The van der Waals surface area contributed by atoms with Gasteiger partial charge in [-0.3, -0.25) is 0 Å². The van der Waals surface area contributed by atoms with Crippen LogP contribution in [-0.4, -0.2) is 33.8 Å². The zero-order chi connectivity index (χ0) is 15.9. The van der Waals surface area contributed by atoms with Crippen LogP contribution in [0.5, 0.6) is 5.75 Å². The number of rotatable bonds is 9. The molecule has 1 unspecified atom stereocenters. The number of hydrogen-bond acceptors (Lipinski definition) is 4. The molecule has 6 heteroatoms. The summed E-state index contributed by atoms with van der Waals surface area (Å²) in [6.45, 7) is 4.28. The second-order valence-corrected chi connectivity index (χ2v) is 6.91. The summed E-state index contributed by atoms with van der Waals surface area (Å²) in [4.78, 5) is 0.157. The average molecular weight is 315 g/mol. The minimum absolute atomic E-state index is 0.0696. The lowest BCUT2D eigenvalue weighted by molar-refractivity contribution is 0.251. The van der Waals surface area contributed by atoms with Crippen molar-refractivity contribution < 1.29 is 18.3 Å². The Hall–Kier alpha value is -1.11. The van der Waals surface area contributed by atoms with Gasteiger partial charge < -0.3 is 9.84 Å². The second kappa shape index (κ2) is 8.36. The third kappa shape index (κ3) is 5.30. The summed E-state index contributed by atoms with van der Waals surface area (Å²) < 4.78 is 32.6. The lowest BCUT2D eigenvalue weighted by atomic mass is 10.0. The molecule has 0 spiro atoms. The van der Waals surface area contributed by atoms with Crippen LogP contribution >= 0.6 is 0 Å². The molecule has 2 N–H and O–H groups in total. The van der Waals surface area contributed by atoms with Gasteiger partial charge in [0.25, 0.3) is 0 Å². The van der Waals surface area contributed by atoms with Crippen molar-refractivity contribution in [3.05, 3.63) is 23.8 Å². The number of aliphatic hydroxyl groups is 1. The Morgan fingerprint density at radius 2 is 2.05 bits per heavy atom. The van der Waals surface area contributed by atoms with E-state index in [2.05, 4.69) is 4.72 Å². The van der Waals surface area contributed by atoms with E-state index in [9.17, 15) is 8.42 Å². The first kappa shape index (κ1) is 17.9. The van der Waals surface area contributed by atoms with Crippen molar-refractivity contribution in [2.75, 3.05) is 20.3 Å². The molecular formula is C15H25NO4S. The smallest absolute Gasteiger partial charge is 0.244 e. The molecule has 0 fully saturated rings. The van der Waals surface area contributed by atoms with Crippen molar-refractivity contribution in [2.24, 2.45) is 5.92 Å². The van der Waals surface area contributed by atoms with Crippen molar-refractivity contribution in [1.82, 2.24) is 4.72 Å². The quantitative estimate of drug-likeness (QED) is 0.731. The van der Waals surface area contributed by atoms with Gasteiger partial charge in [-0.05, 0) is 43.4 Å². The van der Waals surface area contributed by atoms with Crippen molar-refractivity contribution in [3.63, 3.8) is 0 Å². The van der Waals surface area contributed by atoms with E-state index in [1.165, 1.54) is 7.11 Å². The maximum atomic E-state index is 12.4. The van der Waals surface area contributed by atoms with Crippen LogP contribution in [0.2, 0.25) is 0 Å². The Balaban J connectivity index is 2.88. The molecule has 1 aromatic carbocycles. The van der Waals surface area contributed by atoms with Crippen molar-refractivity contribution in [1.29, 1.82) is 0 Å². The molecule has 21 heavy (non-hydrogen) atoms. The van der Waals surface area contributed by atoms with E-state index in [0.29, 0.717) is 18.7 Å². The minimum atomic E-state index is -3.61. The zero-order valence-corrected chi connectivity index (χ0v) is 13.7. The monoisotopic (exact) mass is 315 g/mol. The molecule has 0 aromatic heterocycles. The van der Waals surface area contributed by atoms with Gasteiger partial charge in [-0.2, -0.15) is 0 Å². The highest BCUT2D eigenvalue weighted by Crippen LogP contribution is 2.24. The van der Waals surface area contributed by atoms with E-state index in [4.69, 9.17) is 9.84 Å². The third-order valence-electron chi connectivity index (χ3n) is 3.40. The van der Waals surface area contributed by atoms with Crippen LogP contribution in [0.25, 0.3) is 0 Å². The van der Waals surface area contributed by atoms with E-state index in [-0.39, 0.29) is 17.4 Å². The van der Waals surface area contributed by atoms with E-state index < -0.39 is 10.0 Å². The summed E-state index contributed by atoms with van der Waals surface area (Å²) >= 11 is 0. The maximum Gasteiger partial charge on any atom is 0.244 e. The fourth-order valence-corrected chi connectivity index (χ4v) is 3.61. The summed E-state index contributed by atoms with van der Waals surface area (Å²) in [6.07, 6.45) is 2.44. The largest absolute Gasteiger partial charge is 0.495 e. The molecule has 0 saturated heterocycles. The number of aryl methyl sites for hydroxylation is 1. The summed E-state index contributed by atoms with van der Waals surface area (Å²) in [6, 6.07) is 5.06.